The second-order valence-corrected chi connectivity index (χ2v) is 6.47. The van der Waals surface area contributed by atoms with Gasteiger partial charge in [0.2, 0.25) is 0 Å². The molecule has 5 heteroatoms. The first-order valence-electron chi connectivity index (χ1n) is 8.70. The Morgan fingerprint density at radius 3 is 2.54 bits per heavy atom. The van der Waals surface area contributed by atoms with Gasteiger partial charge < -0.3 is 15.0 Å². The zero-order valence-corrected chi connectivity index (χ0v) is 14.7. The van der Waals surface area contributed by atoms with Crippen molar-refractivity contribution in [2.24, 2.45) is 0 Å². The predicted molar refractivity (Wildman–Crippen MR) is 101 cm³/mol. The smallest absolute Gasteiger partial charge is 0.251 e. The number of hydrogen-bond donors (Lipinski definition) is 2. The molecule has 0 radical (unpaired) electrons. The van der Waals surface area contributed by atoms with Crippen molar-refractivity contribution in [2.45, 2.75) is 32.0 Å². The lowest BCUT2D eigenvalue weighted by atomic mass is 10.0. The molecule has 5 nitrogen and oxygen atoms in total. The quantitative estimate of drug-likeness (QED) is 0.688. The van der Waals surface area contributed by atoms with Gasteiger partial charge in [-0.25, -0.2) is 4.98 Å². The van der Waals surface area contributed by atoms with E-state index < -0.39 is 6.10 Å². The summed E-state index contributed by atoms with van der Waals surface area (Å²) in [6, 6.07) is 16.9. The molecule has 3 aromatic rings. The summed E-state index contributed by atoms with van der Waals surface area (Å²) in [6.07, 6.45) is 5.28. The lowest BCUT2D eigenvalue weighted by Crippen LogP contribution is -2.33. The first-order valence-corrected chi connectivity index (χ1v) is 8.70. The average Bonchev–Trinajstić information content (AvgIpc) is 3.16. The number of aliphatic hydroxyl groups excluding tert-OH is 1. The second-order valence-electron chi connectivity index (χ2n) is 6.47. The molecule has 134 valence electrons. The normalized spacial score (nSPS) is 13.2. The van der Waals surface area contributed by atoms with Gasteiger partial charge in [-0.3, -0.25) is 4.79 Å². The van der Waals surface area contributed by atoms with Crippen molar-refractivity contribution in [1.82, 2.24) is 14.9 Å². The standard InChI is InChI=1S/C21H23N3O2/c1-16(13-20(25)18-5-3-2-4-6-18)23-21(26)19-9-7-17(8-10-19)14-24-12-11-22-15-24/h2-12,15-16,20,25H,13-14H2,1H3,(H,23,26). The molecule has 0 aliphatic heterocycles. The van der Waals surface area contributed by atoms with Gasteiger partial charge in [-0.05, 0) is 36.6 Å². The number of nitrogens with one attached hydrogen (secondary N) is 1. The molecule has 1 aromatic heterocycles. The minimum absolute atomic E-state index is 0.132. The van der Waals surface area contributed by atoms with Crippen molar-refractivity contribution in [2.75, 3.05) is 0 Å². The highest BCUT2D eigenvalue weighted by atomic mass is 16.3. The third-order valence-electron chi connectivity index (χ3n) is 4.28. The first-order chi connectivity index (χ1) is 12.6. The van der Waals surface area contributed by atoms with Crippen LogP contribution in [0.1, 0.15) is 40.9 Å². The number of imidazole rings is 1. The van der Waals surface area contributed by atoms with Crippen LogP contribution < -0.4 is 5.32 Å². The van der Waals surface area contributed by atoms with Crippen molar-refractivity contribution in [3.63, 3.8) is 0 Å². The van der Waals surface area contributed by atoms with Gasteiger partial charge in [0, 0.05) is 30.5 Å². The van der Waals surface area contributed by atoms with Gasteiger partial charge in [0.25, 0.3) is 5.91 Å². The fourth-order valence-electron chi connectivity index (χ4n) is 2.86. The maximum Gasteiger partial charge on any atom is 0.251 e. The number of hydrogen-bond acceptors (Lipinski definition) is 3. The van der Waals surface area contributed by atoms with Crippen LogP contribution in [0.5, 0.6) is 0 Å². The van der Waals surface area contributed by atoms with E-state index >= 15 is 0 Å². The number of carbonyl (C=O) groups is 1. The largest absolute Gasteiger partial charge is 0.388 e. The molecule has 1 heterocycles. The van der Waals surface area contributed by atoms with E-state index in [1.54, 1.807) is 12.5 Å². The molecule has 3 rings (SSSR count). The molecule has 2 unspecified atom stereocenters. The summed E-state index contributed by atoms with van der Waals surface area (Å²) in [7, 11) is 0. The maximum atomic E-state index is 12.4. The van der Waals surface area contributed by atoms with Crippen molar-refractivity contribution >= 4 is 5.91 Å². The zero-order valence-electron chi connectivity index (χ0n) is 14.7. The number of benzene rings is 2. The molecule has 2 N–H and O–H groups in total. The van der Waals surface area contributed by atoms with Gasteiger partial charge >= 0.3 is 0 Å². The van der Waals surface area contributed by atoms with E-state index in [4.69, 9.17) is 0 Å². The van der Waals surface area contributed by atoms with Crippen molar-refractivity contribution in [3.8, 4) is 0 Å². The van der Waals surface area contributed by atoms with E-state index in [1.165, 1.54) is 0 Å². The summed E-state index contributed by atoms with van der Waals surface area (Å²) in [5.74, 6) is -0.132. The van der Waals surface area contributed by atoms with Crippen LogP contribution in [0.2, 0.25) is 0 Å². The van der Waals surface area contributed by atoms with Crippen LogP contribution in [0, 0.1) is 0 Å². The Balaban J connectivity index is 1.53. The van der Waals surface area contributed by atoms with E-state index in [1.807, 2.05) is 72.3 Å². The number of nitrogens with zero attached hydrogens (tertiary/aromatic N) is 2. The van der Waals surface area contributed by atoms with Crippen LogP contribution in [-0.4, -0.2) is 26.6 Å². The van der Waals surface area contributed by atoms with Crippen molar-refractivity contribution in [1.29, 1.82) is 0 Å². The highest BCUT2D eigenvalue weighted by Gasteiger charge is 2.15. The number of rotatable bonds is 7. The molecule has 0 aliphatic rings. The monoisotopic (exact) mass is 349 g/mol. The van der Waals surface area contributed by atoms with E-state index in [9.17, 15) is 9.90 Å². The number of aromatic nitrogens is 2. The Morgan fingerprint density at radius 2 is 1.88 bits per heavy atom. The van der Waals surface area contributed by atoms with Gasteiger partial charge in [0.05, 0.1) is 12.4 Å². The molecule has 2 aromatic carbocycles. The first kappa shape index (κ1) is 17.9. The molecule has 1 amide bonds. The highest BCUT2D eigenvalue weighted by Crippen LogP contribution is 2.18. The van der Waals surface area contributed by atoms with Crippen LogP contribution in [-0.2, 0) is 6.54 Å². The van der Waals surface area contributed by atoms with E-state index in [0.717, 1.165) is 17.7 Å². The Labute approximate surface area is 153 Å². The van der Waals surface area contributed by atoms with E-state index in [0.29, 0.717) is 12.0 Å². The third kappa shape index (κ3) is 4.80. The molecular weight excluding hydrogens is 326 g/mol. The summed E-state index contributed by atoms with van der Waals surface area (Å²) >= 11 is 0. The van der Waals surface area contributed by atoms with Gasteiger partial charge in [0.1, 0.15) is 0 Å². The van der Waals surface area contributed by atoms with Gasteiger partial charge in [0.15, 0.2) is 0 Å². The second kappa shape index (κ2) is 8.45. The molecular formula is C21H23N3O2. The van der Waals surface area contributed by atoms with Gasteiger partial charge in [-0.15, -0.1) is 0 Å². The molecule has 0 aliphatic carbocycles. The fourth-order valence-corrected chi connectivity index (χ4v) is 2.86. The molecule has 0 fully saturated rings. The average molecular weight is 349 g/mol. The fraction of sp³-hybridized carbons (Fsp3) is 0.238. The summed E-state index contributed by atoms with van der Waals surface area (Å²) in [6.45, 7) is 2.62. The zero-order chi connectivity index (χ0) is 18.4. The van der Waals surface area contributed by atoms with Crippen molar-refractivity contribution < 1.29 is 9.90 Å². The molecule has 2 atom stereocenters. The number of amides is 1. The predicted octanol–water partition coefficient (Wildman–Crippen LogP) is 3.17. The Morgan fingerprint density at radius 1 is 1.15 bits per heavy atom. The minimum atomic E-state index is -0.593. The van der Waals surface area contributed by atoms with Crippen molar-refractivity contribution in [3.05, 3.63) is 90.0 Å². The SMILES string of the molecule is CC(CC(O)c1ccccc1)NC(=O)c1ccc(Cn2ccnc2)cc1. The van der Waals surface area contributed by atoms with Crippen LogP contribution >= 0.6 is 0 Å². The molecule has 0 bridgehead atoms. The van der Waals surface area contributed by atoms with Crippen LogP contribution in [0.4, 0.5) is 0 Å². The molecule has 0 saturated heterocycles. The van der Waals surface area contributed by atoms with Crippen LogP contribution in [0.25, 0.3) is 0 Å². The Kier molecular flexibility index (Phi) is 5.81. The topological polar surface area (TPSA) is 67.2 Å². The lowest BCUT2D eigenvalue weighted by molar-refractivity contribution is 0.0917. The summed E-state index contributed by atoms with van der Waals surface area (Å²) in [4.78, 5) is 16.4. The Bertz CT molecular complexity index is 814. The van der Waals surface area contributed by atoms with Gasteiger partial charge in [-0.1, -0.05) is 42.5 Å². The summed E-state index contributed by atoms with van der Waals surface area (Å²) < 4.78 is 1.97. The highest BCUT2D eigenvalue weighted by molar-refractivity contribution is 5.94. The summed E-state index contributed by atoms with van der Waals surface area (Å²) in [5.41, 5.74) is 2.57. The molecule has 0 spiro atoms. The van der Waals surface area contributed by atoms with E-state index in [-0.39, 0.29) is 11.9 Å². The van der Waals surface area contributed by atoms with E-state index in [2.05, 4.69) is 10.3 Å². The molecule has 0 saturated carbocycles. The van der Waals surface area contributed by atoms with Crippen LogP contribution in [0.3, 0.4) is 0 Å². The Hall–Kier alpha value is -2.92. The molecule has 26 heavy (non-hydrogen) atoms. The summed E-state index contributed by atoms with van der Waals surface area (Å²) in [5, 5.41) is 13.2. The van der Waals surface area contributed by atoms with Crippen LogP contribution in [0.15, 0.2) is 73.3 Å². The third-order valence-corrected chi connectivity index (χ3v) is 4.28. The minimum Gasteiger partial charge on any atom is -0.388 e. The number of carbonyl (C=O) groups excluding carboxylic acids is 1. The maximum absolute atomic E-state index is 12.4. The lowest BCUT2D eigenvalue weighted by Gasteiger charge is -2.18. The van der Waals surface area contributed by atoms with Gasteiger partial charge in [-0.2, -0.15) is 0 Å². The number of aliphatic hydroxyl groups is 1.